The van der Waals surface area contributed by atoms with E-state index in [0.29, 0.717) is 5.41 Å². The minimum absolute atomic E-state index is 0.0457. The molecule has 1 atom stereocenters. The maximum absolute atomic E-state index is 5.66. The highest BCUT2D eigenvalue weighted by molar-refractivity contribution is 4.60. The van der Waals surface area contributed by atoms with E-state index < -0.39 is 0 Å². The van der Waals surface area contributed by atoms with Crippen molar-refractivity contribution in [2.75, 3.05) is 13.2 Å². The Hall–Kier alpha value is -0.0800. The normalized spacial score (nSPS) is 13.7. The fourth-order valence-electron chi connectivity index (χ4n) is 2.03. The van der Waals surface area contributed by atoms with Crippen LogP contribution in [0.1, 0.15) is 86.0 Å². The van der Waals surface area contributed by atoms with Crippen LogP contribution < -0.4 is 0 Å². The van der Waals surface area contributed by atoms with Gasteiger partial charge in [0.05, 0.1) is 0 Å². The lowest BCUT2D eigenvalue weighted by Crippen LogP contribution is -2.15. The van der Waals surface area contributed by atoms with Gasteiger partial charge in [0.25, 0.3) is 0 Å². The number of hydrogen-bond donors (Lipinski definition) is 0. The molecule has 0 bridgehead atoms. The highest BCUT2D eigenvalue weighted by Gasteiger charge is 2.09. The molecule has 2 nitrogen and oxygen atoms in total. The molecule has 0 aliphatic heterocycles. The van der Waals surface area contributed by atoms with Gasteiger partial charge in [-0.05, 0) is 31.6 Å². The molecule has 116 valence electrons. The lowest BCUT2D eigenvalue weighted by Gasteiger charge is -2.19. The summed E-state index contributed by atoms with van der Waals surface area (Å²) >= 11 is 0. The fraction of sp³-hybridized carbons (Fsp3) is 1.00. The molecule has 0 aliphatic carbocycles. The van der Waals surface area contributed by atoms with Gasteiger partial charge in [-0.15, -0.1) is 0 Å². The minimum Gasteiger partial charge on any atom is -0.353 e. The number of ether oxygens (including phenoxy) is 2. The Morgan fingerprint density at radius 1 is 0.789 bits per heavy atom. The summed E-state index contributed by atoms with van der Waals surface area (Å²) < 4.78 is 11.3. The van der Waals surface area contributed by atoms with E-state index >= 15 is 0 Å². The molecule has 19 heavy (non-hydrogen) atoms. The summed E-state index contributed by atoms with van der Waals surface area (Å²) in [5, 5.41) is 0. The summed E-state index contributed by atoms with van der Waals surface area (Å²) in [7, 11) is 0. The molecule has 0 saturated carbocycles. The minimum atomic E-state index is -0.0457. The maximum atomic E-state index is 5.66. The van der Waals surface area contributed by atoms with Gasteiger partial charge in [-0.25, -0.2) is 0 Å². The van der Waals surface area contributed by atoms with E-state index in [1.807, 2.05) is 6.92 Å². The van der Waals surface area contributed by atoms with Crippen LogP contribution in [0.2, 0.25) is 0 Å². The Balaban J connectivity index is 3.23. The molecule has 0 spiro atoms. The van der Waals surface area contributed by atoms with Crippen molar-refractivity contribution in [1.29, 1.82) is 0 Å². The molecule has 1 unspecified atom stereocenters. The van der Waals surface area contributed by atoms with Crippen LogP contribution in [0.15, 0.2) is 0 Å². The van der Waals surface area contributed by atoms with Crippen LogP contribution in [0.4, 0.5) is 0 Å². The lowest BCUT2D eigenvalue weighted by atomic mass is 9.91. The van der Waals surface area contributed by atoms with E-state index in [9.17, 15) is 0 Å². The third-order valence-corrected chi connectivity index (χ3v) is 3.27. The molecule has 0 heterocycles. The van der Waals surface area contributed by atoms with Gasteiger partial charge in [0.1, 0.15) is 0 Å². The fourth-order valence-corrected chi connectivity index (χ4v) is 2.03. The Morgan fingerprint density at radius 3 is 1.89 bits per heavy atom. The average molecular weight is 272 g/mol. The summed E-state index contributed by atoms with van der Waals surface area (Å²) in [6.45, 7) is 12.7. The van der Waals surface area contributed by atoms with Crippen molar-refractivity contribution in [1.82, 2.24) is 0 Å². The highest BCUT2D eigenvalue weighted by Crippen LogP contribution is 2.20. The number of rotatable bonds is 12. The molecule has 0 fully saturated rings. The van der Waals surface area contributed by atoms with Crippen LogP contribution in [0.25, 0.3) is 0 Å². The van der Waals surface area contributed by atoms with Crippen LogP contribution in [-0.4, -0.2) is 19.5 Å². The van der Waals surface area contributed by atoms with Crippen LogP contribution in [0, 0.1) is 5.41 Å². The quantitative estimate of drug-likeness (QED) is 0.342. The first-order valence-electron chi connectivity index (χ1n) is 8.19. The van der Waals surface area contributed by atoms with Gasteiger partial charge in [0.15, 0.2) is 6.29 Å². The van der Waals surface area contributed by atoms with Crippen LogP contribution >= 0.6 is 0 Å². The van der Waals surface area contributed by atoms with Crippen molar-refractivity contribution in [2.45, 2.75) is 92.3 Å². The number of unbranched alkanes of at least 4 members (excludes halogenated alkanes) is 5. The third-order valence-electron chi connectivity index (χ3n) is 3.27. The predicted molar refractivity (Wildman–Crippen MR) is 83.4 cm³/mol. The van der Waals surface area contributed by atoms with E-state index in [0.717, 1.165) is 19.6 Å². The summed E-state index contributed by atoms with van der Waals surface area (Å²) in [6, 6.07) is 0. The van der Waals surface area contributed by atoms with Gasteiger partial charge in [-0.1, -0.05) is 59.8 Å². The van der Waals surface area contributed by atoms with Gasteiger partial charge in [0.2, 0.25) is 0 Å². The van der Waals surface area contributed by atoms with Crippen LogP contribution in [-0.2, 0) is 9.47 Å². The smallest absolute Gasteiger partial charge is 0.154 e. The van der Waals surface area contributed by atoms with E-state index in [2.05, 4.69) is 27.7 Å². The van der Waals surface area contributed by atoms with Crippen molar-refractivity contribution in [3.8, 4) is 0 Å². The summed E-state index contributed by atoms with van der Waals surface area (Å²) in [4.78, 5) is 0. The highest BCUT2D eigenvalue weighted by atomic mass is 16.7. The zero-order valence-corrected chi connectivity index (χ0v) is 14.0. The Bertz CT molecular complexity index is 184. The Kier molecular flexibility index (Phi) is 11.7. The van der Waals surface area contributed by atoms with Gasteiger partial charge >= 0.3 is 0 Å². The standard InChI is InChI=1S/C17H36O2/c1-6-7-8-9-10-11-14-18-16(2)19-15-12-13-17(3,4)5/h16H,6-15H2,1-5H3. The van der Waals surface area contributed by atoms with Gasteiger partial charge in [0, 0.05) is 13.2 Å². The summed E-state index contributed by atoms with van der Waals surface area (Å²) in [6.07, 6.45) is 10.1. The van der Waals surface area contributed by atoms with Crippen molar-refractivity contribution < 1.29 is 9.47 Å². The average Bonchev–Trinajstić information content (AvgIpc) is 2.32. The molecule has 2 heteroatoms. The maximum Gasteiger partial charge on any atom is 0.154 e. The van der Waals surface area contributed by atoms with Crippen LogP contribution in [0.5, 0.6) is 0 Å². The first kappa shape index (κ1) is 18.9. The second-order valence-electron chi connectivity index (χ2n) is 6.74. The molecular formula is C17H36O2. The van der Waals surface area contributed by atoms with Crippen molar-refractivity contribution in [3.63, 3.8) is 0 Å². The lowest BCUT2D eigenvalue weighted by molar-refractivity contribution is -0.132. The van der Waals surface area contributed by atoms with Gasteiger partial charge in [-0.2, -0.15) is 0 Å². The third kappa shape index (κ3) is 15.9. The van der Waals surface area contributed by atoms with Gasteiger partial charge in [-0.3, -0.25) is 0 Å². The second kappa shape index (κ2) is 11.7. The number of hydrogen-bond acceptors (Lipinski definition) is 2. The molecule has 0 N–H and O–H groups in total. The first-order chi connectivity index (χ1) is 8.95. The molecular weight excluding hydrogens is 236 g/mol. The molecule has 0 saturated heterocycles. The molecule has 0 aromatic heterocycles. The zero-order chi connectivity index (χ0) is 14.6. The Morgan fingerprint density at radius 2 is 1.32 bits per heavy atom. The molecule has 0 rings (SSSR count). The molecule has 0 amide bonds. The molecule has 0 radical (unpaired) electrons. The van der Waals surface area contributed by atoms with Gasteiger partial charge < -0.3 is 9.47 Å². The summed E-state index contributed by atoms with van der Waals surface area (Å²) in [5.74, 6) is 0. The van der Waals surface area contributed by atoms with Crippen molar-refractivity contribution in [3.05, 3.63) is 0 Å². The van der Waals surface area contributed by atoms with Crippen molar-refractivity contribution in [2.24, 2.45) is 5.41 Å². The molecule has 0 aromatic rings. The van der Waals surface area contributed by atoms with E-state index in [1.165, 1.54) is 44.9 Å². The first-order valence-corrected chi connectivity index (χ1v) is 8.19. The monoisotopic (exact) mass is 272 g/mol. The zero-order valence-electron chi connectivity index (χ0n) is 14.0. The Labute approximate surface area is 121 Å². The molecule has 0 aliphatic rings. The topological polar surface area (TPSA) is 18.5 Å². The largest absolute Gasteiger partial charge is 0.353 e. The SMILES string of the molecule is CCCCCCCCOC(C)OCCCC(C)(C)C. The van der Waals surface area contributed by atoms with E-state index in [4.69, 9.17) is 9.47 Å². The second-order valence-corrected chi connectivity index (χ2v) is 6.74. The van der Waals surface area contributed by atoms with E-state index in [1.54, 1.807) is 0 Å². The van der Waals surface area contributed by atoms with Crippen molar-refractivity contribution >= 4 is 0 Å². The predicted octanol–water partition coefficient (Wildman–Crippen LogP) is 5.55. The summed E-state index contributed by atoms with van der Waals surface area (Å²) in [5.41, 5.74) is 0.409. The van der Waals surface area contributed by atoms with E-state index in [-0.39, 0.29) is 6.29 Å². The molecule has 0 aromatic carbocycles. The van der Waals surface area contributed by atoms with Crippen LogP contribution in [0.3, 0.4) is 0 Å².